The van der Waals surface area contributed by atoms with Crippen LogP contribution in [0.2, 0.25) is 0 Å². The first-order valence-electron chi connectivity index (χ1n) is 4.02. The van der Waals surface area contributed by atoms with E-state index in [1.165, 1.54) is 0 Å². The van der Waals surface area contributed by atoms with E-state index in [4.69, 9.17) is 4.74 Å². The van der Waals surface area contributed by atoms with Crippen LogP contribution in [0.3, 0.4) is 0 Å². The third-order valence-corrected chi connectivity index (χ3v) is 1.03. The number of alkyl halides is 2. The van der Waals surface area contributed by atoms with Gasteiger partial charge >= 0.3 is 6.09 Å². The molecule has 1 atom stereocenters. The summed E-state index contributed by atoms with van der Waals surface area (Å²) in [6.07, 6.45) is -2.39. The Hall–Kier alpha value is -0.870. The number of nitrogens with one attached hydrogen (secondary N) is 1. The Morgan fingerprint density at radius 1 is 1.54 bits per heavy atom. The molecule has 0 fully saturated rings. The van der Waals surface area contributed by atoms with Crippen molar-refractivity contribution in [2.75, 3.05) is 13.2 Å². The molecule has 0 aromatic rings. The van der Waals surface area contributed by atoms with Gasteiger partial charge in [0, 0.05) is 0 Å². The molecule has 5 heteroatoms. The van der Waals surface area contributed by atoms with Gasteiger partial charge in [-0.25, -0.2) is 13.6 Å². The van der Waals surface area contributed by atoms with Gasteiger partial charge in [0.2, 0.25) is 0 Å². The number of halogens is 2. The molecule has 0 aromatic carbocycles. The number of rotatable bonds is 3. The van der Waals surface area contributed by atoms with E-state index in [0.717, 1.165) is 0 Å². The van der Waals surface area contributed by atoms with Crippen LogP contribution in [0.1, 0.15) is 20.8 Å². The fourth-order valence-corrected chi connectivity index (χ4v) is 0.563. The van der Waals surface area contributed by atoms with Crippen molar-refractivity contribution in [2.45, 2.75) is 32.5 Å². The maximum absolute atomic E-state index is 12.3. The minimum atomic E-state index is -1.66. The third-order valence-electron chi connectivity index (χ3n) is 1.03. The monoisotopic (exact) mass is 195 g/mol. The van der Waals surface area contributed by atoms with Crippen LogP contribution in [0.15, 0.2) is 0 Å². The lowest BCUT2D eigenvalue weighted by Gasteiger charge is -2.19. The average Bonchev–Trinajstić information content (AvgIpc) is 1.97. The highest BCUT2D eigenvalue weighted by Gasteiger charge is 2.16. The first-order valence-corrected chi connectivity index (χ1v) is 4.02. The quantitative estimate of drug-likeness (QED) is 0.746. The Kier molecular flexibility index (Phi) is 4.66. The van der Waals surface area contributed by atoms with E-state index in [1.54, 1.807) is 20.8 Å². The van der Waals surface area contributed by atoms with Crippen LogP contribution in [0.5, 0.6) is 0 Å². The van der Waals surface area contributed by atoms with Gasteiger partial charge < -0.3 is 10.1 Å². The summed E-state index contributed by atoms with van der Waals surface area (Å²) in [7, 11) is 0. The van der Waals surface area contributed by atoms with Gasteiger partial charge in [-0.2, -0.15) is 0 Å². The molecule has 0 aliphatic heterocycles. The molecule has 0 heterocycles. The van der Waals surface area contributed by atoms with Gasteiger partial charge in [-0.3, -0.25) is 0 Å². The van der Waals surface area contributed by atoms with Gasteiger partial charge in [-0.05, 0) is 20.8 Å². The number of alkyl carbamates (subject to hydrolysis) is 1. The smallest absolute Gasteiger partial charge is 0.407 e. The van der Waals surface area contributed by atoms with Crippen LogP contribution in [0.4, 0.5) is 13.6 Å². The molecule has 0 spiro atoms. The van der Waals surface area contributed by atoms with Crippen molar-refractivity contribution in [3.05, 3.63) is 0 Å². The summed E-state index contributed by atoms with van der Waals surface area (Å²) < 4.78 is 28.7. The molecular formula is C8H15F2NO2. The normalized spacial score (nSPS) is 13.6. The number of hydrogen-bond acceptors (Lipinski definition) is 2. The van der Waals surface area contributed by atoms with Gasteiger partial charge in [0.15, 0.2) is 0 Å². The molecule has 0 saturated heterocycles. The summed E-state index contributed by atoms with van der Waals surface area (Å²) in [5.41, 5.74) is -0.619. The fourth-order valence-electron chi connectivity index (χ4n) is 0.563. The number of carbonyl (C=O) groups is 1. The Morgan fingerprint density at radius 2 is 2.08 bits per heavy atom. The SMILES string of the molecule is CC(C)(C)OC(=O)NCC(F)CF. The zero-order chi connectivity index (χ0) is 10.5. The summed E-state index contributed by atoms with van der Waals surface area (Å²) in [6.45, 7) is 3.61. The molecule has 1 amide bonds. The second kappa shape index (κ2) is 4.99. The number of amides is 1. The van der Waals surface area contributed by atoms with E-state index in [9.17, 15) is 13.6 Å². The summed E-state index contributed by atoms with van der Waals surface area (Å²) in [4.78, 5) is 10.9. The van der Waals surface area contributed by atoms with Crippen molar-refractivity contribution in [1.29, 1.82) is 0 Å². The van der Waals surface area contributed by atoms with E-state index in [1.807, 2.05) is 0 Å². The van der Waals surface area contributed by atoms with Crippen LogP contribution in [0, 0.1) is 0 Å². The average molecular weight is 195 g/mol. The molecule has 0 aliphatic carbocycles. The first kappa shape index (κ1) is 12.1. The van der Waals surface area contributed by atoms with Crippen LogP contribution in [0.25, 0.3) is 0 Å². The lowest BCUT2D eigenvalue weighted by Crippen LogP contribution is -2.36. The number of carbonyl (C=O) groups excluding carboxylic acids is 1. The molecule has 13 heavy (non-hydrogen) atoms. The van der Waals surface area contributed by atoms with Crippen molar-refractivity contribution in [3.63, 3.8) is 0 Å². The Bertz CT molecular complexity index is 168. The van der Waals surface area contributed by atoms with Gasteiger partial charge in [-0.15, -0.1) is 0 Å². The second-order valence-electron chi connectivity index (χ2n) is 3.63. The van der Waals surface area contributed by atoms with Gasteiger partial charge in [0.1, 0.15) is 18.4 Å². The van der Waals surface area contributed by atoms with E-state index in [0.29, 0.717) is 0 Å². The highest BCUT2D eigenvalue weighted by Crippen LogP contribution is 2.06. The molecule has 0 saturated carbocycles. The number of hydrogen-bond donors (Lipinski definition) is 1. The Balaban J connectivity index is 3.64. The molecule has 0 radical (unpaired) electrons. The largest absolute Gasteiger partial charge is 0.444 e. The lowest BCUT2D eigenvalue weighted by molar-refractivity contribution is 0.0510. The summed E-state index contributed by atoms with van der Waals surface area (Å²) in [5.74, 6) is 0. The zero-order valence-corrected chi connectivity index (χ0v) is 8.06. The third kappa shape index (κ3) is 7.49. The molecule has 78 valence electrons. The van der Waals surface area contributed by atoms with E-state index in [2.05, 4.69) is 5.32 Å². The second-order valence-corrected chi connectivity index (χ2v) is 3.63. The topological polar surface area (TPSA) is 38.3 Å². The van der Waals surface area contributed by atoms with Gasteiger partial charge in [0.05, 0.1) is 6.54 Å². The van der Waals surface area contributed by atoms with Crippen LogP contribution in [-0.2, 0) is 4.74 Å². The predicted octanol–water partition coefficient (Wildman–Crippen LogP) is 1.82. The van der Waals surface area contributed by atoms with Crippen molar-refractivity contribution in [3.8, 4) is 0 Å². The summed E-state index contributed by atoms with van der Waals surface area (Å²) in [6, 6.07) is 0. The summed E-state index contributed by atoms with van der Waals surface area (Å²) >= 11 is 0. The highest BCUT2D eigenvalue weighted by molar-refractivity contribution is 5.67. The molecule has 1 N–H and O–H groups in total. The fraction of sp³-hybridized carbons (Fsp3) is 0.875. The van der Waals surface area contributed by atoms with Crippen LogP contribution >= 0.6 is 0 Å². The lowest BCUT2D eigenvalue weighted by atomic mass is 10.2. The Morgan fingerprint density at radius 3 is 2.46 bits per heavy atom. The predicted molar refractivity (Wildman–Crippen MR) is 45.1 cm³/mol. The maximum Gasteiger partial charge on any atom is 0.407 e. The molecular weight excluding hydrogens is 180 g/mol. The van der Waals surface area contributed by atoms with E-state index < -0.39 is 24.5 Å². The standard InChI is InChI=1S/C8H15F2NO2/c1-8(2,3)13-7(12)11-5-6(10)4-9/h6H,4-5H2,1-3H3,(H,11,12). The minimum absolute atomic E-state index is 0.356. The summed E-state index contributed by atoms with van der Waals surface area (Å²) in [5, 5.41) is 2.11. The molecule has 0 rings (SSSR count). The maximum atomic E-state index is 12.3. The van der Waals surface area contributed by atoms with E-state index in [-0.39, 0.29) is 6.54 Å². The highest BCUT2D eigenvalue weighted by atomic mass is 19.2. The number of ether oxygens (including phenoxy) is 1. The van der Waals surface area contributed by atoms with Crippen molar-refractivity contribution >= 4 is 6.09 Å². The molecule has 0 aliphatic rings. The molecule has 0 bridgehead atoms. The first-order chi connectivity index (χ1) is 5.85. The molecule has 0 aromatic heterocycles. The van der Waals surface area contributed by atoms with Gasteiger partial charge in [0.25, 0.3) is 0 Å². The van der Waals surface area contributed by atoms with Crippen molar-refractivity contribution in [2.24, 2.45) is 0 Å². The van der Waals surface area contributed by atoms with E-state index >= 15 is 0 Å². The van der Waals surface area contributed by atoms with Crippen LogP contribution < -0.4 is 5.32 Å². The van der Waals surface area contributed by atoms with Gasteiger partial charge in [-0.1, -0.05) is 0 Å². The zero-order valence-electron chi connectivity index (χ0n) is 8.06. The van der Waals surface area contributed by atoms with Crippen LogP contribution in [-0.4, -0.2) is 31.1 Å². The molecule has 1 unspecified atom stereocenters. The van der Waals surface area contributed by atoms with Crippen molar-refractivity contribution < 1.29 is 18.3 Å². The van der Waals surface area contributed by atoms with Crippen molar-refractivity contribution in [1.82, 2.24) is 5.32 Å². The Labute approximate surface area is 76.4 Å². The minimum Gasteiger partial charge on any atom is -0.444 e. The molecule has 3 nitrogen and oxygen atoms in total.